The Bertz CT molecular complexity index is 968. The van der Waals surface area contributed by atoms with Crippen LogP contribution in [-0.4, -0.2) is 52.4 Å². The van der Waals surface area contributed by atoms with Gasteiger partial charge in [0.1, 0.15) is 5.69 Å². The third-order valence-electron chi connectivity index (χ3n) is 5.42. The molecule has 0 bridgehead atoms. The Balaban J connectivity index is 1.37. The van der Waals surface area contributed by atoms with Gasteiger partial charge in [0.15, 0.2) is 0 Å². The van der Waals surface area contributed by atoms with E-state index in [1.165, 1.54) is 10.4 Å². The Morgan fingerprint density at radius 2 is 1.59 bits per heavy atom. The first-order valence-corrected chi connectivity index (χ1v) is 10.9. The maximum Gasteiger partial charge on any atom is 0.270 e. The average Bonchev–Trinajstić information content (AvgIpc) is 3.45. The van der Waals surface area contributed by atoms with E-state index in [4.69, 9.17) is 0 Å². The van der Waals surface area contributed by atoms with Crippen LogP contribution in [-0.2, 0) is 13.0 Å². The summed E-state index contributed by atoms with van der Waals surface area (Å²) in [5.41, 5.74) is 2.64. The molecule has 150 valence electrons. The molecule has 6 heteroatoms. The Labute approximate surface area is 175 Å². The van der Waals surface area contributed by atoms with Crippen LogP contribution in [0.3, 0.4) is 0 Å². The molecule has 0 unspecified atom stereocenters. The summed E-state index contributed by atoms with van der Waals surface area (Å²) in [6, 6.07) is 15.7. The van der Waals surface area contributed by atoms with Gasteiger partial charge >= 0.3 is 0 Å². The van der Waals surface area contributed by atoms with Gasteiger partial charge in [0.2, 0.25) is 0 Å². The zero-order chi connectivity index (χ0) is 20.2. The second kappa shape index (κ2) is 8.66. The summed E-state index contributed by atoms with van der Waals surface area (Å²) in [5.74, 6) is 0.0757. The summed E-state index contributed by atoms with van der Waals surface area (Å²) in [5, 5.41) is 2.05. The van der Waals surface area contributed by atoms with Crippen molar-refractivity contribution in [3.8, 4) is 0 Å². The Hall–Kier alpha value is -2.86. The molecule has 1 aromatic carbocycles. The van der Waals surface area contributed by atoms with Crippen LogP contribution in [0, 0.1) is 0 Å². The minimum atomic E-state index is 0.0333. The number of carbonyl (C=O) groups excluding carboxylic acids is 2. The molecular formula is C23H25N3O2S. The first-order chi connectivity index (χ1) is 14.2. The lowest BCUT2D eigenvalue weighted by atomic mass is 10.1. The van der Waals surface area contributed by atoms with E-state index >= 15 is 0 Å². The number of piperazine rings is 1. The number of nitrogens with zero attached hydrogens (tertiary/aromatic N) is 3. The Morgan fingerprint density at radius 3 is 2.21 bits per heavy atom. The lowest BCUT2D eigenvalue weighted by molar-refractivity contribution is 0.0530. The van der Waals surface area contributed by atoms with Gasteiger partial charge < -0.3 is 14.4 Å². The molecule has 5 nitrogen and oxygen atoms in total. The zero-order valence-corrected chi connectivity index (χ0v) is 17.4. The largest absolute Gasteiger partial charge is 0.338 e. The van der Waals surface area contributed by atoms with Crippen LogP contribution in [0.25, 0.3) is 0 Å². The predicted octanol–water partition coefficient (Wildman–Crippen LogP) is 3.76. The van der Waals surface area contributed by atoms with Gasteiger partial charge in [-0.3, -0.25) is 9.59 Å². The monoisotopic (exact) mass is 407 g/mol. The number of carbonyl (C=O) groups is 2. The highest BCUT2D eigenvalue weighted by Crippen LogP contribution is 2.16. The minimum absolute atomic E-state index is 0.0333. The lowest BCUT2D eigenvalue weighted by Gasteiger charge is -2.35. The molecule has 1 saturated heterocycles. The topological polar surface area (TPSA) is 45.6 Å². The van der Waals surface area contributed by atoms with Crippen molar-refractivity contribution in [2.45, 2.75) is 19.9 Å². The number of benzene rings is 1. The molecule has 0 spiro atoms. The van der Waals surface area contributed by atoms with E-state index < -0.39 is 0 Å². The quantitative estimate of drug-likeness (QED) is 0.647. The summed E-state index contributed by atoms with van der Waals surface area (Å²) in [6.07, 6.45) is 2.91. The van der Waals surface area contributed by atoms with Crippen LogP contribution in [0.1, 0.15) is 38.2 Å². The van der Waals surface area contributed by atoms with E-state index in [0.717, 1.165) is 6.42 Å². The smallest absolute Gasteiger partial charge is 0.270 e. The van der Waals surface area contributed by atoms with Crippen molar-refractivity contribution in [3.63, 3.8) is 0 Å². The molecule has 3 heterocycles. The van der Waals surface area contributed by atoms with Crippen LogP contribution >= 0.6 is 11.3 Å². The second-order valence-corrected chi connectivity index (χ2v) is 8.27. The normalized spacial score (nSPS) is 14.2. The molecule has 29 heavy (non-hydrogen) atoms. The van der Waals surface area contributed by atoms with Gasteiger partial charge in [-0.15, -0.1) is 11.3 Å². The van der Waals surface area contributed by atoms with Crippen LogP contribution < -0.4 is 0 Å². The summed E-state index contributed by atoms with van der Waals surface area (Å²) >= 11 is 1.69. The standard InChI is InChI=1S/C23H25N3O2S/c1-2-18-7-9-19(10-8-18)22(27)24-12-14-25(15-13-24)23(28)21-6-3-11-26(21)17-20-5-4-16-29-20/h3-11,16H,2,12-15,17H2,1H3. The van der Waals surface area contributed by atoms with Crippen LogP contribution in [0.4, 0.5) is 0 Å². The van der Waals surface area contributed by atoms with Crippen LogP contribution in [0.5, 0.6) is 0 Å². The second-order valence-electron chi connectivity index (χ2n) is 7.24. The number of aryl methyl sites for hydroxylation is 1. The number of thiophene rings is 1. The molecule has 0 atom stereocenters. The Morgan fingerprint density at radius 1 is 0.897 bits per heavy atom. The van der Waals surface area contributed by atoms with Crippen molar-refractivity contribution >= 4 is 23.2 Å². The van der Waals surface area contributed by atoms with E-state index in [-0.39, 0.29) is 11.8 Å². The molecule has 0 aliphatic carbocycles. The first kappa shape index (κ1) is 19.5. The van der Waals surface area contributed by atoms with Gasteiger partial charge in [-0.25, -0.2) is 0 Å². The lowest BCUT2D eigenvalue weighted by Crippen LogP contribution is -2.50. The minimum Gasteiger partial charge on any atom is -0.338 e. The summed E-state index contributed by atoms with van der Waals surface area (Å²) in [6.45, 7) is 5.04. The number of rotatable bonds is 5. The van der Waals surface area contributed by atoms with Crippen molar-refractivity contribution < 1.29 is 9.59 Å². The molecule has 2 amide bonds. The molecule has 1 fully saturated rings. The zero-order valence-electron chi connectivity index (χ0n) is 16.6. The average molecular weight is 408 g/mol. The van der Waals surface area contributed by atoms with Crippen LogP contribution in [0.2, 0.25) is 0 Å². The highest BCUT2D eigenvalue weighted by molar-refractivity contribution is 7.09. The van der Waals surface area contributed by atoms with Gasteiger partial charge in [-0.05, 0) is 47.7 Å². The van der Waals surface area contributed by atoms with Crippen molar-refractivity contribution in [2.24, 2.45) is 0 Å². The number of hydrogen-bond acceptors (Lipinski definition) is 3. The van der Waals surface area contributed by atoms with Crippen molar-refractivity contribution in [3.05, 3.63) is 81.8 Å². The molecule has 1 aliphatic rings. The van der Waals surface area contributed by atoms with E-state index in [2.05, 4.69) is 13.0 Å². The maximum absolute atomic E-state index is 13.0. The predicted molar refractivity (Wildman–Crippen MR) is 115 cm³/mol. The molecule has 2 aromatic heterocycles. The molecule has 4 rings (SSSR count). The summed E-state index contributed by atoms with van der Waals surface area (Å²) in [7, 11) is 0. The molecule has 0 N–H and O–H groups in total. The molecule has 3 aromatic rings. The molecule has 0 radical (unpaired) electrons. The van der Waals surface area contributed by atoms with Crippen molar-refractivity contribution in [1.29, 1.82) is 0 Å². The molecular weight excluding hydrogens is 382 g/mol. The maximum atomic E-state index is 13.0. The van der Waals surface area contributed by atoms with Gasteiger partial charge in [0, 0.05) is 42.8 Å². The number of amides is 2. The SMILES string of the molecule is CCc1ccc(C(=O)N2CCN(C(=O)c3cccn3Cc3cccs3)CC2)cc1. The number of aromatic nitrogens is 1. The molecule has 0 saturated carbocycles. The Kier molecular flexibility index (Phi) is 5.81. The summed E-state index contributed by atoms with van der Waals surface area (Å²) in [4.78, 5) is 30.7. The van der Waals surface area contributed by atoms with Gasteiger partial charge in [-0.2, -0.15) is 0 Å². The molecule has 1 aliphatic heterocycles. The van der Waals surface area contributed by atoms with Crippen molar-refractivity contribution in [2.75, 3.05) is 26.2 Å². The van der Waals surface area contributed by atoms with E-state index in [1.54, 1.807) is 11.3 Å². The van der Waals surface area contributed by atoms with Gasteiger partial charge in [-0.1, -0.05) is 25.1 Å². The number of hydrogen-bond donors (Lipinski definition) is 0. The fourth-order valence-electron chi connectivity index (χ4n) is 3.66. The van der Waals surface area contributed by atoms with Crippen LogP contribution in [0.15, 0.2) is 60.1 Å². The third-order valence-corrected chi connectivity index (χ3v) is 6.28. The fourth-order valence-corrected chi connectivity index (χ4v) is 4.36. The van der Waals surface area contributed by atoms with Gasteiger partial charge in [0.25, 0.3) is 11.8 Å². The highest BCUT2D eigenvalue weighted by atomic mass is 32.1. The third kappa shape index (κ3) is 4.27. The van der Waals surface area contributed by atoms with Gasteiger partial charge in [0.05, 0.1) is 6.54 Å². The summed E-state index contributed by atoms with van der Waals surface area (Å²) < 4.78 is 2.00. The van der Waals surface area contributed by atoms with Crippen molar-refractivity contribution in [1.82, 2.24) is 14.4 Å². The highest BCUT2D eigenvalue weighted by Gasteiger charge is 2.26. The van der Waals surface area contributed by atoms with E-state index in [1.807, 2.05) is 68.4 Å². The van der Waals surface area contributed by atoms with E-state index in [9.17, 15) is 9.59 Å². The fraction of sp³-hybridized carbons (Fsp3) is 0.304. The first-order valence-electron chi connectivity index (χ1n) is 10.0. The van der Waals surface area contributed by atoms with E-state index in [0.29, 0.717) is 44.0 Å².